The van der Waals surface area contributed by atoms with Crippen molar-refractivity contribution in [2.45, 2.75) is 64.3 Å². The maximum absolute atomic E-state index is 12.0. The molecule has 0 spiro atoms. The van der Waals surface area contributed by atoms with E-state index in [4.69, 9.17) is 0 Å². The molecule has 1 aliphatic carbocycles. The van der Waals surface area contributed by atoms with E-state index in [-0.39, 0.29) is 6.03 Å². The van der Waals surface area contributed by atoms with Crippen LogP contribution in [0.5, 0.6) is 0 Å². The minimum absolute atomic E-state index is 0.187. The Balaban J connectivity index is 1.74. The van der Waals surface area contributed by atoms with Gasteiger partial charge in [-0.15, -0.1) is 0 Å². The van der Waals surface area contributed by atoms with Gasteiger partial charge in [-0.3, -0.25) is 0 Å². The Bertz CT molecular complexity index is 251. The molecule has 1 unspecified atom stereocenters. The fourth-order valence-corrected chi connectivity index (χ4v) is 2.88. The van der Waals surface area contributed by atoms with Crippen molar-refractivity contribution in [3.05, 3.63) is 0 Å². The zero-order chi connectivity index (χ0) is 12.1. The maximum atomic E-state index is 12.0. The van der Waals surface area contributed by atoms with Crippen molar-refractivity contribution in [1.82, 2.24) is 10.2 Å². The molecule has 1 atom stereocenters. The second-order valence-corrected chi connectivity index (χ2v) is 5.65. The van der Waals surface area contributed by atoms with E-state index in [9.17, 15) is 4.79 Å². The number of carbonyl (C=O) groups is 1. The summed E-state index contributed by atoms with van der Waals surface area (Å²) in [5, 5.41) is 3.15. The minimum Gasteiger partial charge on any atom is -0.335 e. The van der Waals surface area contributed by atoms with Crippen LogP contribution in [0.15, 0.2) is 0 Å². The van der Waals surface area contributed by atoms with Crippen LogP contribution >= 0.6 is 0 Å². The van der Waals surface area contributed by atoms with E-state index in [2.05, 4.69) is 12.2 Å². The smallest absolute Gasteiger partial charge is 0.317 e. The Morgan fingerprint density at radius 2 is 2.00 bits per heavy atom. The lowest BCUT2D eigenvalue weighted by atomic mass is 9.93. The number of hydrogen-bond donors (Lipinski definition) is 1. The molecule has 1 N–H and O–H groups in total. The lowest BCUT2D eigenvalue weighted by Crippen LogP contribution is -2.47. The van der Waals surface area contributed by atoms with Crippen LogP contribution in [-0.2, 0) is 0 Å². The Morgan fingerprint density at radius 3 is 2.65 bits per heavy atom. The van der Waals surface area contributed by atoms with Crippen LogP contribution in [-0.4, -0.2) is 30.1 Å². The van der Waals surface area contributed by atoms with Crippen LogP contribution in [0.2, 0.25) is 0 Å². The second kappa shape index (κ2) is 6.27. The first-order valence-electron chi connectivity index (χ1n) is 7.35. The number of carbonyl (C=O) groups excluding carboxylic acids is 1. The monoisotopic (exact) mass is 238 g/mol. The van der Waals surface area contributed by atoms with Crippen molar-refractivity contribution < 1.29 is 4.79 Å². The van der Waals surface area contributed by atoms with Crippen molar-refractivity contribution in [3.8, 4) is 0 Å². The Morgan fingerprint density at radius 1 is 1.18 bits per heavy atom. The third-order valence-corrected chi connectivity index (χ3v) is 4.26. The fraction of sp³-hybridized carbons (Fsp3) is 0.929. The largest absolute Gasteiger partial charge is 0.335 e. The summed E-state index contributed by atoms with van der Waals surface area (Å²) in [5.41, 5.74) is 0. The highest BCUT2D eigenvalue weighted by atomic mass is 16.2. The molecule has 2 fully saturated rings. The third kappa shape index (κ3) is 3.62. The fourth-order valence-electron chi connectivity index (χ4n) is 2.88. The molecule has 0 aromatic carbocycles. The number of rotatable bonds is 3. The summed E-state index contributed by atoms with van der Waals surface area (Å²) in [6.07, 6.45) is 9.94. The van der Waals surface area contributed by atoms with Gasteiger partial charge in [-0.1, -0.05) is 19.8 Å². The molecule has 1 saturated heterocycles. The molecule has 2 rings (SSSR count). The quantitative estimate of drug-likeness (QED) is 0.805. The summed E-state index contributed by atoms with van der Waals surface area (Å²) in [6.45, 7) is 4.17. The molecule has 1 saturated carbocycles. The predicted octanol–water partition coefficient (Wildman–Crippen LogP) is 3.15. The van der Waals surface area contributed by atoms with Crippen LogP contribution in [0.1, 0.15) is 58.3 Å². The number of urea groups is 1. The van der Waals surface area contributed by atoms with E-state index in [1.165, 1.54) is 51.4 Å². The molecule has 0 aromatic rings. The van der Waals surface area contributed by atoms with E-state index in [1.807, 2.05) is 4.90 Å². The van der Waals surface area contributed by atoms with Gasteiger partial charge in [0.1, 0.15) is 0 Å². The number of nitrogens with zero attached hydrogens (tertiary/aromatic N) is 1. The van der Waals surface area contributed by atoms with Gasteiger partial charge in [-0.2, -0.15) is 0 Å². The van der Waals surface area contributed by atoms with Gasteiger partial charge in [-0.25, -0.2) is 4.79 Å². The molecule has 3 heteroatoms. The van der Waals surface area contributed by atoms with E-state index in [0.717, 1.165) is 19.0 Å². The number of hydrogen-bond acceptors (Lipinski definition) is 1. The van der Waals surface area contributed by atoms with E-state index in [1.54, 1.807) is 0 Å². The zero-order valence-corrected chi connectivity index (χ0v) is 11.1. The molecule has 3 nitrogen and oxygen atoms in total. The number of nitrogens with one attached hydrogen (secondary N) is 1. The topological polar surface area (TPSA) is 32.3 Å². The molecule has 98 valence electrons. The Hall–Kier alpha value is -0.730. The number of amides is 2. The van der Waals surface area contributed by atoms with Gasteiger partial charge in [0, 0.05) is 19.1 Å². The molecular formula is C14H26N2O. The highest BCUT2D eigenvalue weighted by molar-refractivity contribution is 5.74. The van der Waals surface area contributed by atoms with E-state index in [0.29, 0.717) is 6.04 Å². The SMILES string of the molecule is CCCC1CCCN(C(=O)NC2CCC2)CC1. The van der Waals surface area contributed by atoms with Crippen molar-refractivity contribution in [1.29, 1.82) is 0 Å². The van der Waals surface area contributed by atoms with Gasteiger partial charge in [0.25, 0.3) is 0 Å². The van der Waals surface area contributed by atoms with Crippen molar-refractivity contribution in [3.63, 3.8) is 0 Å². The molecule has 1 heterocycles. The molecule has 17 heavy (non-hydrogen) atoms. The first-order valence-corrected chi connectivity index (χ1v) is 7.35. The molecule has 0 bridgehead atoms. The molecule has 1 aliphatic heterocycles. The normalized spacial score (nSPS) is 26.2. The summed E-state index contributed by atoms with van der Waals surface area (Å²) in [6, 6.07) is 0.657. The maximum Gasteiger partial charge on any atom is 0.317 e. The van der Waals surface area contributed by atoms with Crippen LogP contribution in [0.3, 0.4) is 0 Å². The zero-order valence-electron chi connectivity index (χ0n) is 11.1. The van der Waals surface area contributed by atoms with Gasteiger partial charge < -0.3 is 10.2 Å². The van der Waals surface area contributed by atoms with E-state index >= 15 is 0 Å². The van der Waals surface area contributed by atoms with Gasteiger partial charge in [0.05, 0.1) is 0 Å². The minimum atomic E-state index is 0.187. The van der Waals surface area contributed by atoms with Crippen LogP contribution in [0, 0.1) is 5.92 Å². The highest BCUT2D eigenvalue weighted by Crippen LogP contribution is 2.23. The van der Waals surface area contributed by atoms with Crippen LogP contribution in [0.4, 0.5) is 4.79 Å². The summed E-state index contributed by atoms with van der Waals surface area (Å²) >= 11 is 0. The third-order valence-electron chi connectivity index (χ3n) is 4.26. The van der Waals surface area contributed by atoms with Gasteiger partial charge >= 0.3 is 6.03 Å². The Kier molecular flexibility index (Phi) is 4.69. The molecule has 2 amide bonds. The molecule has 0 radical (unpaired) electrons. The van der Waals surface area contributed by atoms with E-state index < -0.39 is 0 Å². The van der Waals surface area contributed by atoms with Gasteiger partial charge in [0.2, 0.25) is 0 Å². The van der Waals surface area contributed by atoms with Crippen LogP contribution < -0.4 is 5.32 Å². The first kappa shape index (κ1) is 12.7. The average Bonchev–Trinajstić information content (AvgIpc) is 2.49. The molecule has 2 aliphatic rings. The average molecular weight is 238 g/mol. The lowest BCUT2D eigenvalue weighted by molar-refractivity contribution is 0.187. The predicted molar refractivity (Wildman–Crippen MR) is 70.0 cm³/mol. The summed E-state index contributed by atoms with van der Waals surface area (Å²) in [7, 11) is 0. The highest BCUT2D eigenvalue weighted by Gasteiger charge is 2.24. The Labute approximate surface area is 105 Å². The summed E-state index contributed by atoms with van der Waals surface area (Å²) in [4.78, 5) is 14.1. The summed E-state index contributed by atoms with van der Waals surface area (Å²) in [5.74, 6) is 0.849. The number of likely N-dealkylation sites (tertiary alicyclic amines) is 1. The van der Waals surface area contributed by atoms with Gasteiger partial charge in [0.15, 0.2) is 0 Å². The van der Waals surface area contributed by atoms with Crippen molar-refractivity contribution in [2.75, 3.05) is 13.1 Å². The second-order valence-electron chi connectivity index (χ2n) is 5.65. The first-order chi connectivity index (χ1) is 8.29. The molecule has 0 aromatic heterocycles. The molecular weight excluding hydrogens is 212 g/mol. The standard InChI is InChI=1S/C14H26N2O/c1-2-5-12-6-4-10-16(11-9-12)14(17)15-13-7-3-8-13/h12-13H,2-11H2,1H3,(H,15,17). The van der Waals surface area contributed by atoms with Crippen LogP contribution in [0.25, 0.3) is 0 Å². The van der Waals surface area contributed by atoms with Crippen molar-refractivity contribution >= 4 is 6.03 Å². The lowest BCUT2D eigenvalue weighted by Gasteiger charge is -2.30. The van der Waals surface area contributed by atoms with Crippen molar-refractivity contribution in [2.24, 2.45) is 5.92 Å². The summed E-state index contributed by atoms with van der Waals surface area (Å²) < 4.78 is 0. The van der Waals surface area contributed by atoms with Gasteiger partial charge in [-0.05, 0) is 44.4 Å².